The molecule has 3 atom stereocenters. The highest BCUT2D eigenvalue weighted by Gasteiger charge is 2.32. The van der Waals surface area contributed by atoms with E-state index in [-0.39, 0.29) is 0 Å². The van der Waals surface area contributed by atoms with Gasteiger partial charge in [-0.3, -0.25) is 0 Å². The first-order valence-electron chi connectivity index (χ1n) is 5.24. The van der Waals surface area contributed by atoms with Crippen LogP contribution in [0.5, 0.6) is 0 Å². The Morgan fingerprint density at radius 1 is 1.54 bits per heavy atom. The van der Waals surface area contributed by atoms with E-state index in [0.29, 0.717) is 12.1 Å². The second kappa shape index (κ2) is 4.40. The predicted molar refractivity (Wildman–Crippen MR) is 50.7 cm³/mol. The average Bonchev–Trinajstić information content (AvgIpc) is 2.70. The molecular formula is C10H19NO2. The van der Waals surface area contributed by atoms with Gasteiger partial charge in [0.1, 0.15) is 0 Å². The molecule has 0 aromatic rings. The number of nitrogens with one attached hydrogen (secondary N) is 1. The molecule has 1 N–H and O–H groups in total. The van der Waals surface area contributed by atoms with Crippen molar-refractivity contribution in [2.75, 3.05) is 26.9 Å². The molecule has 3 nitrogen and oxygen atoms in total. The van der Waals surface area contributed by atoms with Crippen LogP contribution in [0.15, 0.2) is 0 Å². The molecule has 0 aromatic heterocycles. The van der Waals surface area contributed by atoms with Crippen molar-refractivity contribution < 1.29 is 9.47 Å². The van der Waals surface area contributed by atoms with Gasteiger partial charge in [-0.05, 0) is 25.2 Å². The minimum atomic E-state index is 0.523. The van der Waals surface area contributed by atoms with Crippen LogP contribution in [0.25, 0.3) is 0 Å². The monoisotopic (exact) mass is 185 g/mol. The Bertz CT molecular complexity index is 157. The zero-order chi connectivity index (χ0) is 9.10. The van der Waals surface area contributed by atoms with E-state index in [1.54, 1.807) is 7.11 Å². The summed E-state index contributed by atoms with van der Waals surface area (Å²) < 4.78 is 10.8. The van der Waals surface area contributed by atoms with Gasteiger partial charge in [-0.2, -0.15) is 0 Å². The minimum Gasteiger partial charge on any atom is -0.383 e. The lowest BCUT2D eigenvalue weighted by molar-refractivity contribution is 0.0675. The fourth-order valence-corrected chi connectivity index (χ4v) is 2.44. The van der Waals surface area contributed by atoms with E-state index in [0.717, 1.165) is 25.7 Å². The SMILES string of the molecule is COCC1CC(C2CCCO2)CN1. The van der Waals surface area contributed by atoms with Crippen molar-refractivity contribution in [2.24, 2.45) is 5.92 Å². The highest BCUT2D eigenvalue weighted by molar-refractivity contribution is 4.87. The number of hydrogen-bond acceptors (Lipinski definition) is 3. The second-order valence-electron chi connectivity index (χ2n) is 4.11. The van der Waals surface area contributed by atoms with Crippen LogP contribution in [0.3, 0.4) is 0 Å². The molecule has 2 rings (SSSR count). The molecule has 76 valence electrons. The molecule has 0 amide bonds. The zero-order valence-corrected chi connectivity index (χ0v) is 8.29. The minimum absolute atomic E-state index is 0.523. The number of methoxy groups -OCH3 is 1. The Morgan fingerprint density at radius 3 is 3.15 bits per heavy atom. The fraction of sp³-hybridized carbons (Fsp3) is 1.00. The Hall–Kier alpha value is -0.120. The maximum absolute atomic E-state index is 5.68. The van der Waals surface area contributed by atoms with E-state index in [1.807, 2.05) is 0 Å². The molecule has 0 bridgehead atoms. The third-order valence-electron chi connectivity index (χ3n) is 3.11. The number of ether oxygens (including phenoxy) is 2. The molecule has 2 aliphatic rings. The van der Waals surface area contributed by atoms with Crippen molar-refractivity contribution >= 4 is 0 Å². The quantitative estimate of drug-likeness (QED) is 0.705. The lowest BCUT2D eigenvalue weighted by Gasteiger charge is -2.16. The van der Waals surface area contributed by atoms with Crippen molar-refractivity contribution in [2.45, 2.75) is 31.4 Å². The van der Waals surface area contributed by atoms with Crippen molar-refractivity contribution in [3.05, 3.63) is 0 Å². The van der Waals surface area contributed by atoms with Crippen LogP contribution in [0, 0.1) is 5.92 Å². The van der Waals surface area contributed by atoms with E-state index in [9.17, 15) is 0 Å². The van der Waals surface area contributed by atoms with E-state index in [2.05, 4.69) is 5.32 Å². The first-order valence-corrected chi connectivity index (χ1v) is 5.24. The van der Waals surface area contributed by atoms with Crippen LogP contribution in [0.2, 0.25) is 0 Å². The van der Waals surface area contributed by atoms with Crippen molar-refractivity contribution in [3.8, 4) is 0 Å². The topological polar surface area (TPSA) is 30.5 Å². The van der Waals surface area contributed by atoms with Crippen molar-refractivity contribution in [3.63, 3.8) is 0 Å². The highest BCUT2D eigenvalue weighted by atomic mass is 16.5. The van der Waals surface area contributed by atoms with Gasteiger partial charge in [-0.1, -0.05) is 0 Å². The first kappa shape index (κ1) is 9.44. The molecule has 0 aliphatic carbocycles. The largest absolute Gasteiger partial charge is 0.383 e. The Morgan fingerprint density at radius 2 is 2.46 bits per heavy atom. The van der Waals surface area contributed by atoms with Crippen LogP contribution in [0.4, 0.5) is 0 Å². The highest BCUT2D eigenvalue weighted by Crippen LogP contribution is 2.26. The Kier molecular flexibility index (Phi) is 3.19. The molecular weight excluding hydrogens is 166 g/mol. The van der Waals surface area contributed by atoms with E-state index >= 15 is 0 Å². The molecule has 2 aliphatic heterocycles. The summed E-state index contributed by atoms with van der Waals surface area (Å²) >= 11 is 0. The standard InChI is InChI=1S/C10H19NO2/c1-12-7-9-5-8(6-11-9)10-3-2-4-13-10/h8-11H,2-7H2,1H3. The van der Waals surface area contributed by atoms with E-state index in [4.69, 9.17) is 9.47 Å². The van der Waals surface area contributed by atoms with E-state index < -0.39 is 0 Å². The first-order chi connectivity index (χ1) is 6.40. The van der Waals surface area contributed by atoms with Gasteiger partial charge < -0.3 is 14.8 Å². The molecule has 0 radical (unpaired) electrons. The molecule has 13 heavy (non-hydrogen) atoms. The summed E-state index contributed by atoms with van der Waals surface area (Å²) in [5.74, 6) is 0.725. The summed E-state index contributed by atoms with van der Waals surface area (Å²) in [6.07, 6.45) is 4.25. The number of hydrogen-bond donors (Lipinski definition) is 1. The molecule has 2 heterocycles. The van der Waals surface area contributed by atoms with Gasteiger partial charge in [0.2, 0.25) is 0 Å². The maximum Gasteiger partial charge on any atom is 0.0616 e. The van der Waals surface area contributed by atoms with Gasteiger partial charge in [0.25, 0.3) is 0 Å². The average molecular weight is 185 g/mol. The van der Waals surface area contributed by atoms with Gasteiger partial charge in [0.15, 0.2) is 0 Å². The van der Waals surface area contributed by atoms with Gasteiger partial charge >= 0.3 is 0 Å². The molecule has 2 saturated heterocycles. The third kappa shape index (κ3) is 2.22. The lowest BCUT2D eigenvalue weighted by atomic mass is 9.97. The van der Waals surface area contributed by atoms with E-state index in [1.165, 1.54) is 19.3 Å². The van der Waals surface area contributed by atoms with Gasteiger partial charge in [-0.25, -0.2) is 0 Å². The normalized spacial score (nSPS) is 39.9. The summed E-state index contributed by atoms with van der Waals surface area (Å²) in [7, 11) is 1.76. The van der Waals surface area contributed by atoms with Gasteiger partial charge in [0.05, 0.1) is 12.7 Å². The van der Waals surface area contributed by atoms with Crippen LogP contribution >= 0.6 is 0 Å². The smallest absolute Gasteiger partial charge is 0.0616 e. The van der Waals surface area contributed by atoms with Crippen molar-refractivity contribution in [1.82, 2.24) is 5.32 Å². The van der Waals surface area contributed by atoms with Crippen LogP contribution in [0.1, 0.15) is 19.3 Å². The molecule has 3 heteroatoms. The molecule has 0 spiro atoms. The van der Waals surface area contributed by atoms with Gasteiger partial charge in [0, 0.05) is 26.3 Å². The molecule has 0 saturated carbocycles. The van der Waals surface area contributed by atoms with Crippen LogP contribution in [-0.4, -0.2) is 39.0 Å². The second-order valence-corrected chi connectivity index (χ2v) is 4.11. The maximum atomic E-state index is 5.68. The van der Waals surface area contributed by atoms with Crippen LogP contribution < -0.4 is 5.32 Å². The predicted octanol–water partition coefficient (Wildman–Crippen LogP) is 0.790. The lowest BCUT2D eigenvalue weighted by Crippen LogP contribution is -2.26. The molecule has 0 aromatic carbocycles. The zero-order valence-electron chi connectivity index (χ0n) is 8.29. The summed E-state index contributed by atoms with van der Waals surface area (Å²) in [5.41, 5.74) is 0. The van der Waals surface area contributed by atoms with Crippen LogP contribution in [-0.2, 0) is 9.47 Å². The van der Waals surface area contributed by atoms with Crippen molar-refractivity contribution in [1.29, 1.82) is 0 Å². The Labute approximate surface area is 79.8 Å². The molecule has 2 fully saturated rings. The van der Waals surface area contributed by atoms with Gasteiger partial charge in [-0.15, -0.1) is 0 Å². The summed E-state index contributed by atoms with van der Waals surface area (Å²) in [6.45, 7) is 2.91. The summed E-state index contributed by atoms with van der Waals surface area (Å²) in [6, 6.07) is 0.555. The summed E-state index contributed by atoms with van der Waals surface area (Å²) in [5, 5.41) is 3.48. The fourth-order valence-electron chi connectivity index (χ4n) is 2.44. The Balaban J connectivity index is 1.76. The molecule has 3 unspecified atom stereocenters. The third-order valence-corrected chi connectivity index (χ3v) is 3.11. The number of rotatable bonds is 3. The summed E-state index contributed by atoms with van der Waals surface area (Å²) in [4.78, 5) is 0.